The van der Waals surface area contributed by atoms with Crippen molar-refractivity contribution in [1.29, 1.82) is 0 Å². The molecule has 0 bridgehead atoms. The van der Waals surface area contributed by atoms with Crippen LogP contribution in [0.5, 0.6) is 11.5 Å². The van der Waals surface area contributed by atoms with E-state index < -0.39 is 34.3 Å². The van der Waals surface area contributed by atoms with Crippen LogP contribution in [0.25, 0.3) is 0 Å². The van der Waals surface area contributed by atoms with E-state index in [-0.39, 0.29) is 29.7 Å². The summed E-state index contributed by atoms with van der Waals surface area (Å²) in [5.74, 6) is -0.657. The normalized spacial score (nSPS) is 16.4. The third-order valence-electron chi connectivity index (χ3n) is 6.91. The molecule has 1 unspecified atom stereocenters. The maximum atomic E-state index is 14.6. The monoisotopic (exact) mass is 547 g/mol. The number of hydrogen-bond donors (Lipinski definition) is 1. The van der Waals surface area contributed by atoms with E-state index in [0.29, 0.717) is 24.7 Å². The highest BCUT2D eigenvalue weighted by Gasteiger charge is 2.32. The first-order valence-corrected chi connectivity index (χ1v) is 14.7. The lowest BCUT2D eigenvalue weighted by Crippen LogP contribution is -2.53. The van der Waals surface area contributed by atoms with Crippen molar-refractivity contribution >= 4 is 27.5 Å². The van der Waals surface area contributed by atoms with Gasteiger partial charge in [-0.25, -0.2) is 12.8 Å². The van der Waals surface area contributed by atoms with Crippen molar-refractivity contribution in [2.24, 2.45) is 0 Å². The molecule has 1 N–H and O–H groups in total. The number of carbonyl (C=O) groups excluding carboxylic acids is 2. The fourth-order valence-corrected chi connectivity index (χ4v) is 5.60. The molecule has 2 aromatic rings. The van der Waals surface area contributed by atoms with Crippen LogP contribution in [0.4, 0.5) is 10.1 Å². The molecule has 1 saturated carbocycles. The van der Waals surface area contributed by atoms with Crippen molar-refractivity contribution in [2.75, 3.05) is 30.3 Å². The summed E-state index contributed by atoms with van der Waals surface area (Å²) >= 11 is 0. The van der Waals surface area contributed by atoms with Crippen LogP contribution >= 0.6 is 0 Å². The van der Waals surface area contributed by atoms with Gasteiger partial charge < -0.3 is 19.7 Å². The lowest BCUT2D eigenvalue weighted by molar-refractivity contribution is -0.139. The van der Waals surface area contributed by atoms with Crippen molar-refractivity contribution < 1.29 is 31.9 Å². The van der Waals surface area contributed by atoms with Gasteiger partial charge in [-0.15, -0.1) is 0 Å². The quantitative estimate of drug-likeness (QED) is 0.517. The van der Waals surface area contributed by atoms with Gasteiger partial charge in [0.05, 0.1) is 11.9 Å². The molecule has 0 spiro atoms. The summed E-state index contributed by atoms with van der Waals surface area (Å²) in [6.07, 6.45) is 5.90. The van der Waals surface area contributed by atoms with Gasteiger partial charge >= 0.3 is 0 Å². The largest absolute Gasteiger partial charge is 0.486 e. The van der Waals surface area contributed by atoms with Gasteiger partial charge in [-0.2, -0.15) is 0 Å². The van der Waals surface area contributed by atoms with Crippen molar-refractivity contribution in [3.63, 3.8) is 0 Å². The summed E-state index contributed by atoms with van der Waals surface area (Å²) in [5, 5.41) is 3.01. The van der Waals surface area contributed by atoms with Crippen LogP contribution in [-0.4, -0.2) is 63.2 Å². The lowest BCUT2D eigenvalue weighted by atomic mass is 9.95. The molecule has 1 aliphatic carbocycles. The predicted molar refractivity (Wildman–Crippen MR) is 141 cm³/mol. The maximum absolute atomic E-state index is 14.6. The predicted octanol–water partition coefficient (Wildman–Crippen LogP) is 3.23. The first-order chi connectivity index (χ1) is 18.1. The van der Waals surface area contributed by atoms with E-state index in [1.165, 1.54) is 35.2 Å². The number of nitrogens with one attached hydrogen (secondary N) is 1. The molecule has 9 nitrogen and oxygen atoms in total. The summed E-state index contributed by atoms with van der Waals surface area (Å²) in [6, 6.07) is 9.69. The average molecular weight is 548 g/mol. The van der Waals surface area contributed by atoms with Crippen LogP contribution in [0.2, 0.25) is 0 Å². The molecule has 0 saturated heterocycles. The zero-order chi connectivity index (χ0) is 27.3. The summed E-state index contributed by atoms with van der Waals surface area (Å²) in [5.41, 5.74) is 0.443. The van der Waals surface area contributed by atoms with Crippen molar-refractivity contribution in [2.45, 2.75) is 57.7 Å². The lowest BCUT2D eigenvalue weighted by Gasteiger charge is -2.33. The number of fused-ring (bicyclic) bond motifs is 1. The summed E-state index contributed by atoms with van der Waals surface area (Å²) in [6.45, 7) is 1.51. The van der Waals surface area contributed by atoms with E-state index in [9.17, 15) is 22.4 Å². The van der Waals surface area contributed by atoms with Crippen LogP contribution in [0.15, 0.2) is 42.5 Å². The van der Waals surface area contributed by atoms with Crippen LogP contribution in [0.3, 0.4) is 0 Å². The van der Waals surface area contributed by atoms with E-state index >= 15 is 0 Å². The number of halogens is 1. The number of ether oxygens (including phenoxy) is 2. The summed E-state index contributed by atoms with van der Waals surface area (Å²) in [4.78, 5) is 28.1. The molecular formula is C27H34FN3O6S. The number of sulfonamides is 1. The molecule has 11 heteroatoms. The fourth-order valence-electron chi connectivity index (χ4n) is 4.76. The molecule has 4 rings (SSSR count). The second kappa shape index (κ2) is 12.0. The van der Waals surface area contributed by atoms with E-state index in [0.717, 1.165) is 42.7 Å². The Balaban J connectivity index is 1.60. The standard InChI is InChI=1S/C27H34FN3O6S/c1-19(27(33)29-21-9-4-3-5-10-21)30(17-20-8-6-7-11-23(20)28)26(32)18-31(38(2,34)35)22-12-13-24-25(16-22)37-15-14-36-24/h6-8,11-13,16,19,21H,3-5,9-10,14-15,17-18H2,1-2H3,(H,29,33). The molecule has 38 heavy (non-hydrogen) atoms. The average Bonchev–Trinajstić information content (AvgIpc) is 2.90. The Morgan fingerprint density at radius 2 is 1.74 bits per heavy atom. The van der Waals surface area contributed by atoms with Gasteiger partial charge in [0, 0.05) is 24.2 Å². The second-order valence-electron chi connectivity index (χ2n) is 9.73. The molecular weight excluding hydrogens is 513 g/mol. The molecule has 1 aliphatic heterocycles. The van der Waals surface area contributed by atoms with E-state index in [4.69, 9.17) is 9.47 Å². The molecule has 206 valence electrons. The number of hydrogen-bond acceptors (Lipinski definition) is 6. The van der Waals surface area contributed by atoms with Gasteiger partial charge in [0.2, 0.25) is 21.8 Å². The Hall–Kier alpha value is -3.34. The third-order valence-corrected chi connectivity index (χ3v) is 8.05. The van der Waals surface area contributed by atoms with Crippen LogP contribution < -0.4 is 19.1 Å². The molecule has 1 fully saturated rings. The Morgan fingerprint density at radius 3 is 2.42 bits per heavy atom. The smallest absolute Gasteiger partial charge is 0.244 e. The highest BCUT2D eigenvalue weighted by atomic mass is 32.2. The van der Waals surface area contributed by atoms with Gasteiger partial charge in [0.15, 0.2) is 11.5 Å². The first-order valence-electron chi connectivity index (χ1n) is 12.8. The van der Waals surface area contributed by atoms with Crippen molar-refractivity contribution in [3.8, 4) is 11.5 Å². The highest BCUT2D eigenvalue weighted by molar-refractivity contribution is 7.92. The van der Waals surface area contributed by atoms with Gasteiger partial charge in [-0.1, -0.05) is 37.5 Å². The minimum Gasteiger partial charge on any atom is -0.486 e. The maximum Gasteiger partial charge on any atom is 0.244 e. The molecule has 2 aliphatic rings. The van der Waals surface area contributed by atoms with E-state index in [1.54, 1.807) is 19.1 Å². The molecule has 2 aromatic carbocycles. The van der Waals surface area contributed by atoms with Gasteiger partial charge in [0.25, 0.3) is 0 Å². The number of nitrogens with zero attached hydrogens (tertiary/aromatic N) is 2. The molecule has 0 aromatic heterocycles. The van der Waals surface area contributed by atoms with Crippen LogP contribution in [0.1, 0.15) is 44.6 Å². The highest BCUT2D eigenvalue weighted by Crippen LogP contribution is 2.34. The third kappa shape index (κ3) is 6.75. The molecule has 2 amide bonds. The number of rotatable bonds is 9. The van der Waals surface area contributed by atoms with Crippen molar-refractivity contribution in [3.05, 3.63) is 53.8 Å². The number of benzene rings is 2. The van der Waals surface area contributed by atoms with Crippen molar-refractivity contribution in [1.82, 2.24) is 10.2 Å². The van der Waals surface area contributed by atoms with Gasteiger partial charge in [-0.3, -0.25) is 13.9 Å². The zero-order valence-corrected chi connectivity index (χ0v) is 22.5. The Kier molecular flexibility index (Phi) is 8.76. The summed E-state index contributed by atoms with van der Waals surface area (Å²) < 4.78 is 52.2. The minimum atomic E-state index is -3.91. The van der Waals surface area contributed by atoms with Crippen LogP contribution in [-0.2, 0) is 26.2 Å². The van der Waals surface area contributed by atoms with E-state index in [2.05, 4.69) is 5.32 Å². The number of carbonyl (C=O) groups is 2. The molecule has 0 radical (unpaired) electrons. The SMILES string of the molecule is CC(C(=O)NC1CCCCC1)N(Cc1ccccc1F)C(=O)CN(c1ccc2c(c1)OCCO2)S(C)(=O)=O. The van der Waals surface area contributed by atoms with Gasteiger partial charge in [0.1, 0.15) is 31.6 Å². The number of anilines is 1. The zero-order valence-electron chi connectivity index (χ0n) is 21.7. The molecule has 1 atom stereocenters. The minimum absolute atomic E-state index is 0.0225. The summed E-state index contributed by atoms with van der Waals surface area (Å²) in [7, 11) is -3.91. The second-order valence-corrected chi connectivity index (χ2v) is 11.6. The Morgan fingerprint density at radius 1 is 1.05 bits per heavy atom. The van der Waals surface area contributed by atoms with E-state index in [1.807, 2.05) is 0 Å². The Bertz CT molecular complexity index is 1270. The first kappa shape index (κ1) is 27.7. The number of amides is 2. The van der Waals surface area contributed by atoms with Crippen LogP contribution in [0, 0.1) is 5.82 Å². The molecule has 1 heterocycles. The fraction of sp³-hybridized carbons (Fsp3) is 0.481. The topological polar surface area (TPSA) is 105 Å². The van der Waals surface area contributed by atoms with Gasteiger partial charge in [-0.05, 0) is 38.0 Å². The Labute approximate surface area is 222 Å².